The van der Waals surface area contributed by atoms with Gasteiger partial charge in [-0.3, -0.25) is 4.90 Å². The molecule has 1 aliphatic carbocycles. The Morgan fingerprint density at radius 3 is 2.79 bits per heavy atom. The SMILES string of the molecule is CCN1CCCC1CNC(=O)NC1CCCCC1O. The molecule has 0 spiro atoms. The minimum absolute atomic E-state index is 0.0698. The molecule has 1 saturated heterocycles. The van der Waals surface area contributed by atoms with Crippen LogP contribution in [0.1, 0.15) is 45.4 Å². The van der Waals surface area contributed by atoms with Crippen molar-refractivity contribution in [2.75, 3.05) is 19.6 Å². The largest absolute Gasteiger partial charge is 0.391 e. The molecular formula is C14H27N3O2. The van der Waals surface area contributed by atoms with Crippen LogP contribution in [-0.4, -0.2) is 53.9 Å². The van der Waals surface area contributed by atoms with Crippen LogP contribution in [0.2, 0.25) is 0 Å². The van der Waals surface area contributed by atoms with Gasteiger partial charge in [0, 0.05) is 12.6 Å². The number of amides is 2. The highest BCUT2D eigenvalue weighted by Crippen LogP contribution is 2.18. The number of carbonyl (C=O) groups excluding carboxylic acids is 1. The number of rotatable bonds is 4. The summed E-state index contributed by atoms with van der Waals surface area (Å²) in [6, 6.07) is 0.278. The van der Waals surface area contributed by atoms with Crippen LogP contribution < -0.4 is 10.6 Å². The van der Waals surface area contributed by atoms with Crippen molar-refractivity contribution in [1.82, 2.24) is 15.5 Å². The van der Waals surface area contributed by atoms with Gasteiger partial charge in [0.2, 0.25) is 0 Å². The Morgan fingerprint density at radius 2 is 2.05 bits per heavy atom. The first-order chi connectivity index (χ1) is 9.20. The summed E-state index contributed by atoms with van der Waals surface area (Å²) in [7, 11) is 0. The van der Waals surface area contributed by atoms with Gasteiger partial charge in [-0.2, -0.15) is 0 Å². The van der Waals surface area contributed by atoms with Gasteiger partial charge in [-0.05, 0) is 38.8 Å². The van der Waals surface area contributed by atoms with Crippen LogP contribution in [0.4, 0.5) is 4.79 Å². The number of hydrogen-bond donors (Lipinski definition) is 3. The van der Waals surface area contributed by atoms with Crippen LogP contribution in [0.15, 0.2) is 0 Å². The second-order valence-electron chi connectivity index (χ2n) is 5.74. The molecule has 2 fully saturated rings. The predicted octanol–water partition coefficient (Wildman–Crippen LogP) is 1.07. The van der Waals surface area contributed by atoms with Crippen LogP contribution in [0.25, 0.3) is 0 Å². The average Bonchev–Trinajstić information content (AvgIpc) is 2.86. The summed E-state index contributed by atoms with van der Waals surface area (Å²) in [5, 5.41) is 15.7. The molecule has 3 unspecified atom stereocenters. The van der Waals surface area contributed by atoms with Crippen molar-refractivity contribution in [3.05, 3.63) is 0 Å². The molecule has 3 N–H and O–H groups in total. The molecular weight excluding hydrogens is 242 g/mol. The number of nitrogens with zero attached hydrogens (tertiary/aromatic N) is 1. The summed E-state index contributed by atoms with van der Waals surface area (Å²) in [5.74, 6) is 0. The smallest absolute Gasteiger partial charge is 0.315 e. The van der Waals surface area contributed by atoms with E-state index in [2.05, 4.69) is 22.5 Å². The molecule has 1 saturated carbocycles. The number of carbonyl (C=O) groups is 1. The first-order valence-corrected chi connectivity index (χ1v) is 7.67. The molecule has 2 amide bonds. The maximum Gasteiger partial charge on any atom is 0.315 e. The highest BCUT2D eigenvalue weighted by Gasteiger charge is 2.26. The lowest BCUT2D eigenvalue weighted by Crippen LogP contribution is -2.51. The molecule has 0 aromatic rings. The number of urea groups is 1. The van der Waals surface area contributed by atoms with Gasteiger partial charge in [-0.1, -0.05) is 19.8 Å². The van der Waals surface area contributed by atoms with Gasteiger partial charge in [0.1, 0.15) is 0 Å². The van der Waals surface area contributed by atoms with E-state index >= 15 is 0 Å². The van der Waals surface area contributed by atoms with Gasteiger partial charge >= 0.3 is 6.03 Å². The molecule has 0 aromatic carbocycles. The van der Waals surface area contributed by atoms with Crippen LogP contribution in [-0.2, 0) is 0 Å². The third-order valence-corrected chi connectivity index (χ3v) is 4.45. The molecule has 5 heteroatoms. The predicted molar refractivity (Wildman–Crippen MR) is 75.1 cm³/mol. The van der Waals surface area contributed by atoms with Crippen molar-refractivity contribution in [2.24, 2.45) is 0 Å². The van der Waals surface area contributed by atoms with E-state index in [1.54, 1.807) is 0 Å². The molecule has 2 rings (SSSR count). The summed E-state index contributed by atoms with van der Waals surface area (Å²) >= 11 is 0. The molecule has 2 aliphatic rings. The Labute approximate surface area is 115 Å². The van der Waals surface area contributed by atoms with Crippen molar-refractivity contribution in [2.45, 2.75) is 63.6 Å². The fourth-order valence-corrected chi connectivity index (χ4v) is 3.25. The molecule has 110 valence electrons. The lowest BCUT2D eigenvalue weighted by Gasteiger charge is -2.29. The van der Waals surface area contributed by atoms with E-state index < -0.39 is 0 Å². The zero-order valence-electron chi connectivity index (χ0n) is 11.9. The van der Waals surface area contributed by atoms with E-state index in [-0.39, 0.29) is 18.2 Å². The van der Waals surface area contributed by atoms with Crippen LogP contribution in [0.5, 0.6) is 0 Å². The van der Waals surface area contributed by atoms with Crippen molar-refractivity contribution >= 4 is 6.03 Å². The summed E-state index contributed by atoms with van der Waals surface area (Å²) in [4.78, 5) is 14.3. The van der Waals surface area contributed by atoms with E-state index in [4.69, 9.17) is 0 Å². The van der Waals surface area contributed by atoms with Crippen molar-refractivity contribution in [3.8, 4) is 0 Å². The van der Waals surface area contributed by atoms with Crippen molar-refractivity contribution in [3.63, 3.8) is 0 Å². The Kier molecular flexibility index (Phi) is 5.45. The van der Waals surface area contributed by atoms with E-state index in [9.17, 15) is 9.90 Å². The standard InChI is InChI=1S/C14H27N3O2/c1-2-17-9-5-6-11(17)10-15-14(19)16-12-7-3-4-8-13(12)18/h11-13,18H,2-10H2,1H3,(H2,15,16,19). The topological polar surface area (TPSA) is 64.6 Å². The third-order valence-electron chi connectivity index (χ3n) is 4.45. The second kappa shape index (κ2) is 7.10. The van der Waals surface area contributed by atoms with E-state index in [0.717, 1.165) is 38.8 Å². The van der Waals surface area contributed by atoms with E-state index in [0.29, 0.717) is 12.6 Å². The molecule has 5 nitrogen and oxygen atoms in total. The van der Waals surface area contributed by atoms with Gasteiger partial charge < -0.3 is 15.7 Å². The number of aliphatic hydroxyl groups is 1. The Hall–Kier alpha value is -0.810. The Bertz CT molecular complexity index is 298. The van der Waals surface area contributed by atoms with Gasteiger partial charge in [-0.15, -0.1) is 0 Å². The van der Waals surface area contributed by atoms with Crippen LogP contribution >= 0.6 is 0 Å². The molecule has 0 aromatic heterocycles. The molecule has 19 heavy (non-hydrogen) atoms. The molecule has 1 heterocycles. The zero-order valence-corrected chi connectivity index (χ0v) is 11.9. The minimum atomic E-state index is -0.377. The Balaban J connectivity index is 1.69. The van der Waals surface area contributed by atoms with Gasteiger partial charge in [0.05, 0.1) is 12.1 Å². The first-order valence-electron chi connectivity index (χ1n) is 7.67. The van der Waals surface area contributed by atoms with Gasteiger partial charge in [-0.25, -0.2) is 4.79 Å². The molecule has 3 atom stereocenters. The van der Waals surface area contributed by atoms with Crippen LogP contribution in [0, 0.1) is 0 Å². The zero-order chi connectivity index (χ0) is 13.7. The number of likely N-dealkylation sites (N-methyl/N-ethyl adjacent to an activating group) is 1. The number of nitrogens with one attached hydrogen (secondary N) is 2. The molecule has 0 bridgehead atoms. The van der Waals surface area contributed by atoms with Crippen molar-refractivity contribution < 1.29 is 9.90 Å². The summed E-state index contributed by atoms with van der Waals surface area (Å²) < 4.78 is 0. The fourth-order valence-electron chi connectivity index (χ4n) is 3.25. The second-order valence-corrected chi connectivity index (χ2v) is 5.74. The average molecular weight is 269 g/mol. The van der Waals surface area contributed by atoms with Gasteiger partial charge in [0.15, 0.2) is 0 Å². The summed E-state index contributed by atoms with van der Waals surface area (Å²) in [5.41, 5.74) is 0. The van der Waals surface area contributed by atoms with Gasteiger partial charge in [0.25, 0.3) is 0 Å². The minimum Gasteiger partial charge on any atom is -0.391 e. The van der Waals surface area contributed by atoms with Crippen molar-refractivity contribution in [1.29, 1.82) is 0 Å². The lowest BCUT2D eigenvalue weighted by molar-refractivity contribution is 0.0941. The maximum atomic E-state index is 11.9. The lowest BCUT2D eigenvalue weighted by atomic mass is 9.93. The summed E-state index contributed by atoms with van der Waals surface area (Å²) in [6.07, 6.45) is 5.86. The number of hydrogen-bond acceptors (Lipinski definition) is 3. The third kappa shape index (κ3) is 4.08. The van der Waals surface area contributed by atoms with E-state index in [1.165, 1.54) is 12.8 Å². The van der Waals surface area contributed by atoms with E-state index in [1.807, 2.05) is 0 Å². The Morgan fingerprint density at radius 1 is 1.26 bits per heavy atom. The highest BCUT2D eigenvalue weighted by atomic mass is 16.3. The number of likely N-dealkylation sites (tertiary alicyclic amines) is 1. The molecule has 1 aliphatic heterocycles. The summed E-state index contributed by atoms with van der Waals surface area (Å²) in [6.45, 7) is 5.07. The number of aliphatic hydroxyl groups excluding tert-OH is 1. The quantitative estimate of drug-likeness (QED) is 0.715. The van der Waals surface area contributed by atoms with Crippen LogP contribution in [0.3, 0.4) is 0 Å². The monoisotopic (exact) mass is 269 g/mol. The first kappa shape index (κ1) is 14.6. The highest BCUT2D eigenvalue weighted by molar-refractivity contribution is 5.74. The maximum absolute atomic E-state index is 11.9. The molecule has 0 radical (unpaired) electrons. The normalized spacial score (nSPS) is 32.2. The fraction of sp³-hybridized carbons (Fsp3) is 0.929.